The Kier molecular flexibility index (Phi) is 3.31. The Morgan fingerprint density at radius 3 is 2.42 bits per heavy atom. The molecular formula is C15H20F3N. The van der Waals surface area contributed by atoms with Gasteiger partial charge in [0.1, 0.15) is 0 Å². The van der Waals surface area contributed by atoms with Crippen LogP contribution < -0.4 is 5.32 Å². The molecular weight excluding hydrogens is 251 g/mol. The van der Waals surface area contributed by atoms with Gasteiger partial charge in [-0.1, -0.05) is 20.8 Å². The molecule has 3 atom stereocenters. The number of hydrogen-bond acceptors (Lipinski definition) is 1. The lowest BCUT2D eigenvalue weighted by molar-refractivity contribution is -0.137. The highest BCUT2D eigenvalue weighted by atomic mass is 19.4. The van der Waals surface area contributed by atoms with Crippen LogP contribution in [0.25, 0.3) is 0 Å². The normalized spacial score (nSPS) is 30.7. The second kappa shape index (κ2) is 4.43. The van der Waals surface area contributed by atoms with Crippen molar-refractivity contribution < 1.29 is 13.2 Å². The molecule has 106 valence electrons. The van der Waals surface area contributed by atoms with Crippen LogP contribution in [0.2, 0.25) is 0 Å². The minimum absolute atomic E-state index is 0.0633. The van der Waals surface area contributed by atoms with E-state index < -0.39 is 11.7 Å². The van der Waals surface area contributed by atoms with Crippen molar-refractivity contribution in [2.45, 2.75) is 51.7 Å². The Hall–Kier alpha value is -1.19. The summed E-state index contributed by atoms with van der Waals surface area (Å²) in [5.74, 6) is 0.400. The topological polar surface area (TPSA) is 12.0 Å². The van der Waals surface area contributed by atoms with Gasteiger partial charge in [-0.3, -0.25) is 0 Å². The van der Waals surface area contributed by atoms with E-state index >= 15 is 0 Å². The van der Waals surface area contributed by atoms with E-state index in [1.54, 1.807) is 6.07 Å². The Morgan fingerprint density at radius 2 is 1.89 bits per heavy atom. The molecule has 1 aliphatic rings. The Morgan fingerprint density at radius 1 is 1.26 bits per heavy atom. The maximum Gasteiger partial charge on any atom is 0.416 e. The van der Waals surface area contributed by atoms with E-state index in [0.717, 1.165) is 23.7 Å². The second-order valence-corrected chi connectivity index (χ2v) is 5.77. The Balaban J connectivity index is 2.48. The predicted octanol–water partition coefficient (Wildman–Crippen LogP) is 5.04. The summed E-state index contributed by atoms with van der Waals surface area (Å²) >= 11 is 0. The molecule has 1 aliphatic heterocycles. The zero-order valence-corrected chi connectivity index (χ0v) is 11.7. The highest BCUT2D eigenvalue weighted by molar-refractivity contribution is 5.59. The van der Waals surface area contributed by atoms with E-state index in [1.807, 2.05) is 6.92 Å². The van der Waals surface area contributed by atoms with E-state index in [4.69, 9.17) is 0 Å². The standard InChI is InChI=1S/C15H20F3N/c1-5-14(4)10(3)9(2)12-8-11(15(16,17)18)6-7-13(12)19-14/h6-10,19H,5H2,1-4H3. The number of nitrogens with one attached hydrogen (secondary N) is 1. The fraction of sp³-hybridized carbons (Fsp3) is 0.600. The van der Waals surface area contributed by atoms with Crippen molar-refractivity contribution in [2.24, 2.45) is 5.92 Å². The van der Waals surface area contributed by atoms with E-state index in [9.17, 15) is 13.2 Å². The first kappa shape index (κ1) is 14.2. The maximum absolute atomic E-state index is 12.8. The van der Waals surface area contributed by atoms with Gasteiger partial charge in [-0.2, -0.15) is 13.2 Å². The molecule has 0 radical (unpaired) electrons. The molecule has 0 amide bonds. The molecule has 1 nitrogen and oxygen atoms in total. The maximum atomic E-state index is 12.8. The van der Waals surface area contributed by atoms with Gasteiger partial charge in [-0.25, -0.2) is 0 Å². The van der Waals surface area contributed by atoms with Crippen molar-refractivity contribution >= 4 is 5.69 Å². The molecule has 4 heteroatoms. The largest absolute Gasteiger partial charge is 0.416 e. The van der Waals surface area contributed by atoms with Gasteiger partial charge < -0.3 is 5.32 Å². The zero-order chi connectivity index (χ0) is 14.4. The summed E-state index contributed by atoms with van der Waals surface area (Å²) in [6.45, 7) is 8.35. The van der Waals surface area contributed by atoms with Crippen LogP contribution in [-0.2, 0) is 6.18 Å². The lowest BCUT2D eigenvalue weighted by Gasteiger charge is -2.45. The van der Waals surface area contributed by atoms with Crippen LogP contribution in [0, 0.1) is 5.92 Å². The Labute approximate surface area is 112 Å². The number of halogens is 3. The number of anilines is 1. The molecule has 1 N–H and O–H groups in total. The summed E-state index contributed by atoms with van der Waals surface area (Å²) in [6.07, 6.45) is -3.33. The third-order valence-corrected chi connectivity index (χ3v) is 4.78. The summed E-state index contributed by atoms with van der Waals surface area (Å²) in [6, 6.07) is 4.01. The van der Waals surface area contributed by atoms with Crippen molar-refractivity contribution in [3.63, 3.8) is 0 Å². The van der Waals surface area contributed by atoms with E-state index in [2.05, 4.69) is 26.1 Å². The minimum Gasteiger partial charge on any atom is -0.379 e. The average Bonchev–Trinajstić information content (AvgIpc) is 2.34. The summed E-state index contributed by atoms with van der Waals surface area (Å²) < 4.78 is 38.3. The third-order valence-electron chi connectivity index (χ3n) is 4.78. The minimum atomic E-state index is -4.27. The molecule has 0 spiro atoms. The molecule has 0 bridgehead atoms. The molecule has 0 saturated heterocycles. The SMILES string of the molecule is CCC1(C)Nc2ccc(C(F)(F)F)cc2C(C)C1C. The van der Waals surface area contributed by atoms with Crippen LogP contribution in [-0.4, -0.2) is 5.54 Å². The highest BCUT2D eigenvalue weighted by Gasteiger charge is 2.40. The van der Waals surface area contributed by atoms with Gasteiger partial charge in [0.2, 0.25) is 0 Å². The van der Waals surface area contributed by atoms with Crippen molar-refractivity contribution in [1.29, 1.82) is 0 Å². The highest BCUT2D eigenvalue weighted by Crippen LogP contribution is 2.45. The summed E-state index contributed by atoms with van der Waals surface area (Å²) in [4.78, 5) is 0. The first-order chi connectivity index (χ1) is 8.69. The first-order valence-electron chi connectivity index (χ1n) is 6.68. The summed E-state index contributed by atoms with van der Waals surface area (Å²) in [5.41, 5.74) is 0.981. The van der Waals surface area contributed by atoms with Gasteiger partial charge in [-0.15, -0.1) is 0 Å². The molecule has 0 saturated carbocycles. The van der Waals surface area contributed by atoms with E-state index in [-0.39, 0.29) is 17.4 Å². The van der Waals surface area contributed by atoms with Crippen molar-refractivity contribution in [1.82, 2.24) is 0 Å². The van der Waals surface area contributed by atoms with E-state index in [0.29, 0.717) is 0 Å². The molecule has 0 aliphatic carbocycles. The van der Waals surface area contributed by atoms with Crippen molar-refractivity contribution in [2.75, 3.05) is 5.32 Å². The Bertz CT molecular complexity index is 481. The number of fused-ring (bicyclic) bond motifs is 1. The first-order valence-corrected chi connectivity index (χ1v) is 6.68. The van der Waals surface area contributed by atoms with Crippen LogP contribution >= 0.6 is 0 Å². The van der Waals surface area contributed by atoms with Crippen LogP contribution in [0.15, 0.2) is 18.2 Å². The lowest BCUT2D eigenvalue weighted by Crippen LogP contribution is -2.46. The molecule has 2 rings (SSSR count). The van der Waals surface area contributed by atoms with Gasteiger partial charge in [0.05, 0.1) is 5.56 Å². The molecule has 1 aromatic carbocycles. The van der Waals surface area contributed by atoms with Gasteiger partial charge in [0, 0.05) is 11.2 Å². The number of rotatable bonds is 1. The lowest BCUT2D eigenvalue weighted by atomic mass is 9.70. The monoisotopic (exact) mass is 271 g/mol. The molecule has 3 unspecified atom stereocenters. The number of benzene rings is 1. The van der Waals surface area contributed by atoms with Crippen LogP contribution in [0.4, 0.5) is 18.9 Å². The number of alkyl halides is 3. The second-order valence-electron chi connectivity index (χ2n) is 5.77. The van der Waals surface area contributed by atoms with Gasteiger partial charge in [-0.05, 0) is 48.9 Å². The molecule has 19 heavy (non-hydrogen) atoms. The number of hydrogen-bond donors (Lipinski definition) is 1. The van der Waals surface area contributed by atoms with Crippen LogP contribution in [0.3, 0.4) is 0 Å². The predicted molar refractivity (Wildman–Crippen MR) is 71.3 cm³/mol. The van der Waals surface area contributed by atoms with Crippen molar-refractivity contribution in [3.05, 3.63) is 29.3 Å². The fourth-order valence-electron chi connectivity index (χ4n) is 2.88. The smallest absolute Gasteiger partial charge is 0.379 e. The van der Waals surface area contributed by atoms with Gasteiger partial charge in [0.25, 0.3) is 0 Å². The van der Waals surface area contributed by atoms with Crippen LogP contribution in [0.1, 0.15) is 51.2 Å². The average molecular weight is 271 g/mol. The molecule has 1 aromatic rings. The zero-order valence-electron chi connectivity index (χ0n) is 11.7. The third kappa shape index (κ3) is 2.33. The quantitative estimate of drug-likeness (QED) is 0.754. The van der Waals surface area contributed by atoms with Gasteiger partial charge in [0.15, 0.2) is 0 Å². The molecule has 0 fully saturated rings. The van der Waals surface area contributed by atoms with Crippen molar-refractivity contribution in [3.8, 4) is 0 Å². The van der Waals surface area contributed by atoms with Gasteiger partial charge >= 0.3 is 6.18 Å². The fourth-order valence-corrected chi connectivity index (χ4v) is 2.88. The summed E-state index contributed by atoms with van der Waals surface area (Å²) in [5, 5.41) is 3.41. The molecule has 0 aromatic heterocycles. The molecule has 1 heterocycles. The van der Waals surface area contributed by atoms with E-state index in [1.165, 1.54) is 6.07 Å². The summed E-state index contributed by atoms with van der Waals surface area (Å²) in [7, 11) is 0. The van der Waals surface area contributed by atoms with Crippen LogP contribution in [0.5, 0.6) is 0 Å².